The van der Waals surface area contributed by atoms with E-state index < -0.39 is 10.8 Å². The van der Waals surface area contributed by atoms with Gasteiger partial charge in [0.25, 0.3) is 0 Å². The van der Waals surface area contributed by atoms with Gasteiger partial charge >= 0.3 is 0 Å². The van der Waals surface area contributed by atoms with Gasteiger partial charge in [0.2, 0.25) is 0 Å². The Balaban J connectivity index is 2.22. The number of nitrogens with two attached hydrogens (primary N) is 1. The third kappa shape index (κ3) is 2.81. The molecule has 5 unspecified atom stereocenters. The fraction of sp³-hybridized carbons (Fsp3) is 0.571. The summed E-state index contributed by atoms with van der Waals surface area (Å²) in [5.41, 5.74) is 6.15. The summed E-state index contributed by atoms with van der Waals surface area (Å²) in [4.78, 5) is 0.553. The maximum atomic E-state index is 13.2. The fourth-order valence-electron chi connectivity index (χ4n) is 3.00. The van der Waals surface area contributed by atoms with Crippen LogP contribution in [0.2, 0.25) is 0 Å². The monoisotopic (exact) mass is 269 g/mol. The van der Waals surface area contributed by atoms with E-state index in [4.69, 9.17) is 5.73 Å². The van der Waals surface area contributed by atoms with Crippen LogP contribution in [-0.4, -0.2) is 15.5 Å². The Hall–Kier alpha value is -0.740. The maximum absolute atomic E-state index is 13.2. The Morgan fingerprint density at radius 2 is 2.06 bits per heavy atom. The van der Waals surface area contributed by atoms with E-state index in [9.17, 15) is 8.60 Å². The van der Waals surface area contributed by atoms with Crippen molar-refractivity contribution in [3.8, 4) is 0 Å². The highest BCUT2D eigenvalue weighted by Gasteiger charge is 2.36. The van der Waals surface area contributed by atoms with Crippen LogP contribution in [0.5, 0.6) is 0 Å². The van der Waals surface area contributed by atoms with Crippen molar-refractivity contribution in [2.24, 2.45) is 17.6 Å². The van der Waals surface area contributed by atoms with Gasteiger partial charge in [0.15, 0.2) is 0 Å². The Morgan fingerprint density at radius 1 is 1.33 bits per heavy atom. The van der Waals surface area contributed by atoms with Crippen molar-refractivity contribution in [3.05, 3.63) is 30.1 Å². The van der Waals surface area contributed by atoms with Crippen molar-refractivity contribution in [1.82, 2.24) is 0 Å². The maximum Gasteiger partial charge on any atom is 0.124 e. The number of benzene rings is 1. The summed E-state index contributed by atoms with van der Waals surface area (Å²) >= 11 is 0. The smallest absolute Gasteiger partial charge is 0.124 e. The largest absolute Gasteiger partial charge is 0.327 e. The van der Waals surface area contributed by atoms with Gasteiger partial charge < -0.3 is 5.73 Å². The molecule has 100 valence electrons. The summed E-state index contributed by atoms with van der Waals surface area (Å²) in [6.45, 7) is 4.27. The Kier molecular flexibility index (Phi) is 4.17. The van der Waals surface area contributed by atoms with E-state index in [-0.39, 0.29) is 17.1 Å². The molecule has 0 amide bonds. The number of hydrogen-bond donors (Lipinski definition) is 1. The zero-order valence-electron chi connectivity index (χ0n) is 10.8. The molecule has 18 heavy (non-hydrogen) atoms. The van der Waals surface area contributed by atoms with Crippen LogP contribution in [0.1, 0.15) is 26.7 Å². The van der Waals surface area contributed by atoms with Crippen molar-refractivity contribution < 1.29 is 8.60 Å². The quantitative estimate of drug-likeness (QED) is 0.897. The SMILES string of the molecule is CC1CC(C)C(S(=O)c2cccc(F)c2)C(N)C1. The van der Waals surface area contributed by atoms with Gasteiger partial charge in [-0.05, 0) is 42.9 Å². The van der Waals surface area contributed by atoms with Gasteiger partial charge in [-0.25, -0.2) is 4.39 Å². The lowest BCUT2D eigenvalue weighted by atomic mass is 9.80. The molecule has 2 N–H and O–H groups in total. The van der Waals surface area contributed by atoms with E-state index in [1.807, 2.05) is 0 Å². The first kappa shape index (κ1) is 13.7. The standard InChI is InChI=1S/C14H20FNOS/c1-9-6-10(2)14(13(16)7-9)18(17)12-5-3-4-11(15)8-12/h3-5,8-10,13-14H,6-7,16H2,1-2H3. The Morgan fingerprint density at radius 3 is 2.67 bits per heavy atom. The van der Waals surface area contributed by atoms with Crippen LogP contribution in [0, 0.1) is 17.7 Å². The second-order valence-corrected chi connectivity index (χ2v) is 7.05. The minimum Gasteiger partial charge on any atom is -0.327 e. The van der Waals surface area contributed by atoms with Crippen LogP contribution in [0.3, 0.4) is 0 Å². The first-order valence-electron chi connectivity index (χ1n) is 6.40. The van der Waals surface area contributed by atoms with E-state index in [1.165, 1.54) is 12.1 Å². The van der Waals surface area contributed by atoms with Crippen LogP contribution in [0.25, 0.3) is 0 Å². The highest BCUT2D eigenvalue weighted by molar-refractivity contribution is 7.85. The Bertz CT molecular complexity index is 439. The molecule has 1 aromatic carbocycles. The van der Waals surface area contributed by atoms with Crippen molar-refractivity contribution in [2.75, 3.05) is 0 Å². The molecule has 0 aliphatic heterocycles. The number of rotatable bonds is 2. The molecule has 0 spiro atoms. The second kappa shape index (κ2) is 5.49. The molecule has 0 saturated heterocycles. The second-order valence-electron chi connectivity index (χ2n) is 5.44. The van der Waals surface area contributed by atoms with E-state index in [0.717, 1.165) is 12.8 Å². The lowest BCUT2D eigenvalue weighted by Crippen LogP contribution is -2.47. The fourth-order valence-corrected chi connectivity index (χ4v) is 4.72. The predicted octanol–water partition coefficient (Wildman–Crippen LogP) is 2.70. The number of hydrogen-bond acceptors (Lipinski definition) is 2. The van der Waals surface area contributed by atoms with Crippen LogP contribution in [0.15, 0.2) is 29.2 Å². The molecule has 4 heteroatoms. The van der Waals surface area contributed by atoms with E-state index in [0.29, 0.717) is 16.7 Å². The van der Waals surface area contributed by atoms with E-state index >= 15 is 0 Å². The van der Waals surface area contributed by atoms with Gasteiger partial charge in [-0.15, -0.1) is 0 Å². The van der Waals surface area contributed by atoms with E-state index in [2.05, 4.69) is 13.8 Å². The van der Waals surface area contributed by atoms with Crippen molar-refractivity contribution in [1.29, 1.82) is 0 Å². The van der Waals surface area contributed by atoms with Crippen molar-refractivity contribution in [2.45, 2.75) is 42.9 Å². The average Bonchev–Trinajstić information content (AvgIpc) is 2.27. The first-order chi connectivity index (χ1) is 8.49. The molecule has 2 nitrogen and oxygen atoms in total. The van der Waals surface area contributed by atoms with Gasteiger partial charge in [-0.2, -0.15) is 0 Å². The molecule has 1 aromatic rings. The molecular formula is C14H20FNOS. The molecule has 5 atom stereocenters. The molecule has 1 aliphatic rings. The minimum absolute atomic E-state index is 0.0622. The lowest BCUT2D eigenvalue weighted by Gasteiger charge is -2.36. The summed E-state index contributed by atoms with van der Waals surface area (Å²) in [5, 5.41) is -0.0667. The third-order valence-electron chi connectivity index (χ3n) is 3.71. The van der Waals surface area contributed by atoms with Crippen molar-refractivity contribution >= 4 is 10.8 Å². The van der Waals surface area contributed by atoms with Gasteiger partial charge in [-0.3, -0.25) is 4.21 Å². The molecule has 1 saturated carbocycles. The Labute approximate surface area is 110 Å². The summed E-state index contributed by atoms with van der Waals surface area (Å²) in [7, 11) is -1.22. The molecule has 0 heterocycles. The van der Waals surface area contributed by atoms with Crippen LogP contribution < -0.4 is 5.73 Å². The molecule has 0 bridgehead atoms. The van der Waals surface area contributed by atoms with Gasteiger partial charge in [0.1, 0.15) is 5.82 Å². The third-order valence-corrected chi connectivity index (χ3v) is 5.73. The average molecular weight is 269 g/mol. The first-order valence-corrected chi connectivity index (χ1v) is 7.62. The highest BCUT2D eigenvalue weighted by Crippen LogP contribution is 2.33. The van der Waals surface area contributed by atoms with Gasteiger partial charge in [-0.1, -0.05) is 19.9 Å². The molecule has 1 fully saturated rings. The summed E-state index contributed by atoms with van der Waals surface area (Å²) in [5.74, 6) is 0.551. The topological polar surface area (TPSA) is 43.1 Å². The van der Waals surface area contributed by atoms with Crippen LogP contribution in [0.4, 0.5) is 4.39 Å². The molecule has 0 aromatic heterocycles. The van der Waals surface area contributed by atoms with Gasteiger partial charge in [0.05, 0.1) is 16.0 Å². The summed E-state index contributed by atoms with van der Waals surface area (Å²) < 4.78 is 25.7. The van der Waals surface area contributed by atoms with Crippen LogP contribution >= 0.6 is 0 Å². The van der Waals surface area contributed by atoms with Crippen molar-refractivity contribution in [3.63, 3.8) is 0 Å². The zero-order valence-corrected chi connectivity index (χ0v) is 11.6. The summed E-state index contributed by atoms with van der Waals surface area (Å²) in [6.07, 6.45) is 1.94. The normalized spacial score (nSPS) is 34.2. The van der Waals surface area contributed by atoms with Gasteiger partial charge in [0, 0.05) is 10.9 Å². The highest BCUT2D eigenvalue weighted by atomic mass is 32.2. The zero-order chi connectivity index (χ0) is 13.3. The molecule has 1 aliphatic carbocycles. The minimum atomic E-state index is -1.22. The lowest BCUT2D eigenvalue weighted by molar-refractivity contribution is 0.275. The van der Waals surface area contributed by atoms with Crippen LogP contribution in [-0.2, 0) is 10.8 Å². The molecule has 0 radical (unpaired) electrons. The number of halogens is 1. The van der Waals surface area contributed by atoms with E-state index in [1.54, 1.807) is 12.1 Å². The predicted molar refractivity (Wildman–Crippen MR) is 72.1 cm³/mol. The molecular weight excluding hydrogens is 249 g/mol. The molecule has 2 rings (SSSR count). The summed E-state index contributed by atoms with van der Waals surface area (Å²) in [6, 6.07) is 5.98.